The van der Waals surface area contributed by atoms with Crippen molar-refractivity contribution < 1.29 is 9.82 Å². The topological polar surface area (TPSA) is 49.3 Å². The lowest BCUT2D eigenvalue weighted by atomic mass is 9.64. The molecule has 1 aromatic carbocycles. The third kappa shape index (κ3) is 3.40. The maximum Gasteiger partial charge on any atom is 0.320 e. The standard InChI is InChI=1S/C11H16BNO2/c1-8(2)11(14)13-10-6-4-5-9(7-10)12(3)15/h4-8,15H,1-3H3,(H,13,14). The van der Waals surface area contributed by atoms with Crippen LogP contribution in [0.2, 0.25) is 6.82 Å². The summed E-state index contributed by atoms with van der Waals surface area (Å²) in [5.74, 6) is -0.0575. The quantitative estimate of drug-likeness (QED) is 0.726. The van der Waals surface area contributed by atoms with Gasteiger partial charge in [-0.3, -0.25) is 4.79 Å². The van der Waals surface area contributed by atoms with Crippen molar-refractivity contribution >= 4 is 24.0 Å². The minimum absolute atomic E-state index is 0.0160. The van der Waals surface area contributed by atoms with Crippen LogP contribution in [0.3, 0.4) is 0 Å². The van der Waals surface area contributed by atoms with Gasteiger partial charge in [-0.05, 0) is 17.6 Å². The fraction of sp³-hybridized carbons (Fsp3) is 0.364. The summed E-state index contributed by atoms with van der Waals surface area (Å²) in [6.07, 6.45) is 0. The molecule has 0 aromatic heterocycles. The van der Waals surface area contributed by atoms with E-state index >= 15 is 0 Å². The zero-order chi connectivity index (χ0) is 11.4. The van der Waals surface area contributed by atoms with Crippen molar-refractivity contribution in [1.82, 2.24) is 0 Å². The van der Waals surface area contributed by atoms with E-state index < -0.39 is 6.92 Å². The number of nitrogens with one attached hydrogen (secondary N) is 1. The van der Waals surface area contributed by atoms with Gasteiger partial charge in [0.2, 0.25) is 5.91 Å². The molecule has 80 valence electrons. The van der Waals surface area contributed by atoms with Crippen LogP contribution in [0.5, 0.6) is 0 Å². The highest BCUT2D eigenvalue weighted by Crippen LogP contribution is 2.06. The molecule has 0 aliphatic heterocycles. The summed E-state index contributed by atoms with van der Waals surface area (Å²) in [7, 11) is 0. The third-order valence-electron chi connectivity index (χ3n) is 2.16. The van der Waals surface area contributed by atoms with Crippen molar-refractivity contribution in [2.24, 2.45) is 5.92 Å². The van der Waals surface area contributed by atoms with Gasteiger partial charge in [-0.1, -0.05) is 32.8 Å². The van der Waals surface area contributed by atoms with E-state index in [0.717, 1.165) is 11.2 Å². The molecule has 0 unspecified atom stereocenters. The zero-order valence-electron chi connectivity index (χ0n) is 9.32. The summed E-state index contributed by atoms with van der Waals surface area (Å²) in [4.78, 5) is 11.4. The van der Waals surface area contributed by atoms with Gasteiger partial charge < -0.3 is 10.3 Å². The van der Waals surface area contributed by atoms with Crippen molar-refractivity contribution in [1.29, 1.82) is 0 Å². The van der Waals surface area contributed by atoms with Crippen molar-refractivity contribution in [3.63, 3.8) is 0 Å². The highest BCUT2D eigenvalue weighted by atomic mass is 16.2. The molecule has 15 heavy (non-hydrogen) atoms. The first-order valence-electron chi connectivity index (χ1n) is 5.09. The number of carbonyl (C=O) groups is 1. The predicted molar refractivity (Wildman–Crippen MR) is 63.4 cm³/mol. The number of amides is 1. The third-order valence-corrected chi connectivity index (χ3v) is 2.16. The average Bonchev–Trinajstić information content (AvgIpc) is 2.18. The fourth-order valence-corrected chi connectivity index (χ4v) is 1.16. The maximum atomic E-state index is 11.4. The smallest absolute Gasteiger partial charge is 0.320 e. The molecule has 3 nitrogen and oxygen atoms in total. The van der Waals surface area contributed by atoms with E-state index in [4.69, 9.17) is 0 Å². The molecule has 1 rings (SSSR count). The summed E-state index contributed by atoms with van der Waals surface area (Å²) in [5, 5.41) is 12.2. The van der Waals surface area contributed by atoms with Crippen LogP contribution in [-0.2, 0) is 4.79 Å². The molecule has 2 N–H and O–H groups in total. The lowest BCUT2D eigenvalue weighted by Gasteiger charge is -2.09. The summed E-state index contributed by atoms with van der Waals surface area (Å²) in [6, 6.07) is 7.24. The molecule has 0 radical (unpaired) electrons. The Labute approximate surface area is 90.6 Å². The van der Waals surface area contributed by atoms with E-state index in [2.05, 4.69) is 5.32 Å². The maximum absolute atomic E-state index is 11.4. The van der Waals surface area contributed by atoms with E-state index in [0.29, 0.717) is 0 Å². The van der Waals surface area contributed by atoms with E-state index in [1.54, 1.807) is 12.9 Å². The zero-order valence-corrected chi connectivity index (χ0v) is 9.32. The minimum Gasteiger partial charge on any atom is -0.446 e. The average molecular weight is 205 g/mol. The van der Waals surface area contributed by atoms with Gasteiger partial charge in [-0.2, -0.15) is 0 Å². The molecule has 0 heterocycles. The van der Waals surface area contributed by atoms with Crippen LogP contribution >= 0.6 is 0 Å². The highest BCUT2D eigenvalue weighted by molar-refractivity contribution is 6.64. The van der Waals surface area contributed by atoms with E-state index in [9.17, 15) is 9.82 Å². The molecule has 0 bridgehead atoms. The predicted octanol–water partition coefficient (Wildman–Crippen LogP) is 1.10. The lowest BCUT2D eigenvalue weighted by molar-refractivity contribution is -0.118. The first kappa shape index (κ1) is 11.8. The molecular weight excluding hydrogens is 189 g/mol. The SMILES string of the molecule is CB(O)c1cccc(NC(=O)C(C)C)c1. The van der Waals surface area contributed by atoms with Crippen LogP contribution in [0, 0.1) is 5.92 Å². The molecular formula is C11H16BNO2. The molecule has 1 amide bonds. The van der Waals surface area contributed by atoms with Gasteiger partial charge in [-0.25, -0.2) is 0 Å². The minimum atomic E-state index is -0.513. The Morgan fingerprint density at radius 2 is 2.13 bits per heavy atom. The second-order valence-corrected chi connectivity index (χ2v) is 3.95. The molecule has 0 aliphatic rings. The molecule has 0 spiro atoms. The molecule has 0 atom stereocenters. The Hall–Kier alpha value is -1.29. The number of carbonyl (C=O) groups excluding carboxylic acids is 1. The van der Waals surface area contributed by atoms with Gasteiger partial charge >= 0.3 is 6.92 Å². The summed E-state index contributed by atoms with van der Waals surface area (Å²) in [6.45, 7) is 4.87. The Bertz CT molecular complexity index is 350. The van der Waals surface area contributed by atoms with Gasteiger partial charge in [0.1, 0.15) is 0 Å². The summed E-state index contributed by atoms with van der Waals surface area (Å²) < 4.78 is 0. The molecule has 1 aromatic rings. The highest BCUT2D eigenvalue weighted by Gasteiger charge is 2.09. The lowest BCUT2D eigenvalue weighted by Crippen LogP contribution is -2.27. The second kappa shape index (κ2) is 4.98. The van der Waals surface area contributed by atoms with Gasteiger partial charge in [0.05, 0.1) is 0 Å². The van der Waals surface area contributed by atoms with Gasteiger partial charge in [0.15, 0.2) is 0 Å². The van der Waals surface area contributed by atoms with Crippen LogP contribution in [-0.4, -0.2) is 17.8 Å². The fourth-order valence-electron chi connectivity index (χ4n) is 1.16. The van der Waals surface area contributed by atoms with Crippen molar-refractivity contribution in [2.45, 2.75) is 20.7 Å². The molecule has 0 fully saturated rings. The molecule has 0 aliphatic carbocycles. The van der Waals surface area contributed by atoms with Crippen LogP contribution < -0.4 is 10.8 Å². The van der Waals surface area contributed by atoms with E-state index in [1.807, 2.05) is 32.0 Å². The largest absolute Gasteiger partial charge is 0.446 e. The van der Waals surface area contributed by atoms with E-state index in [1.165, 1.54) is 0 Å². The van der Waals surface area contributed by atoms with Crippen LogP contribution in [0.15, 0.2) is 24.3 Å². The number of benzene rings is 1. The number of rotatable bonds is 3. The van der Waals surface area contributed by atoms with Gasteiger partial charge in [0, 0.05) is 11.6 Å². The second-order valence-electron chi connectivity index (χ2n) is 3.95. The first-order chi connectivity index (χ1) is 7.00. The van der Waals surface area contributed by atoms with Crippen molar-refractivity contribution in [2.75, 3.05) is 5.32 Å². The number of anilines is 1. The Balaban J connectivity index is 2.78. The molecule has 0 saturated heterocycles. The van der Waals surface area contributed by atoms with Crippen LogP contribution in [0.25, 0.3) is 0 Å². The molecule has 0 saturated carbocycles. The van der Waals surface area contributed by atoms with Gasteiger partial charge in [0.25, 0.3) is 0 Å². The van der Waals surface area contributed by atoms with Crippen molar-refractivity contribution in [3.8, 4) is 0 Å². The Kier molecular flexibility index (Phi) is 3.92. The normalized spacial score (nSPS) is 10.2. The van der Waals surface area contributed by atoms with E-state index in [-0.39, 0.29) is 11.8 Å². The Morgan fingerprint density at radius 1 is 1.47 bits per heavy atom. The number of hydrogen-bond donors (Lipinski definition) is 2. The number of hydrogen-bond acceptors (Lipinski definition) is 2. The summed E-state index contributed by atoms with van der Waals surface area (Å²) >= 11 is 0. The monoisotopic (exact) mass is 205 g/mol. The van der Waals surface area contributed by atoms with Crippen molar-refractivity contribution in [3.05, 3.63) is 24.3 Å². The van der Waals surface area contributed by atoms with Gasteiger partial charge in [-0.15, -0.1) is 0 Å². The first-order valence-corrected chi connectivity index (χ1v) is 5.09. The molecule has 4 heteroatoms. The summed E-state index contributed by atoms with van der Waals surface area (Å²) in [5.41, 5.74) is 1.53. The Morgan fingerprint density at radius 3 is 2.67 bits per heavy atom. The van der Waals surface area contributed by atoms with Crippen LogP contribution in [0.4, 0.5) is 5.69 Å². The van der Waals surface area contributed by atoms with Crippen LogP contribution in [0.1, 0.15) is 13.8 Å².